The Morgan fingerprint density at radius 2 is 2.14 bits per heavy atom. The van der Waals surface area contributed by atoms with Gasteiger partial charge in [0.05, 0.1) is 6.54 Å². The van der Waals surface area contributed by atoms with Crippen molar-refractivity contribution in [3.63, 3.8) is 0 Å². The van der Waals surface area contributed by atoms with E-state index in [1.165, 1.54) is 11.0 Å². The molecule has 8 heteroatoms. The Bertz CT molecular complexity index is 562. The molecular weight excluding hydrogens is 274 g/mol. The SMILES string of the molecule is CC#CCNC(=O)Nc1ncn(CC(=O)OC(C)(C)C)n1. The van der Waals surface area contributed by atoms with E-state index in [0.717, 1.165) is 0 Å². The van der Waals surface area contributed by atoms with E-state index in [1.807, 2.05) is 0 Å². The quantitative estimate of drug-likeness (QED) is 0.631. The van der Waals surface area contributed by atoms with Gasteiger partial charge in [-0.25, -0.2) is 14.5 Å². The molecule has 0 atom stereocenters. The van der Waals surface area contributed by atoms with Crippen molar-refractivity contribution in [1.29, 1.82) is 0 Å². The minimum Gasteiger partial charge on any atom is -0.459 e. The summed E-state index contributed by atoms with van der Waals surface area (Å²) >= 11 is 0. The molecule has 0 fully saturated rings. The van der Waals surface area contributed by atoms with E-state index in [0.29, 0.717) is 0 Å². The van der Waals surface area contributed by atoms with E-state index in [-0.39, 0.29) is 19.0 Å². The second kappa shape index (κ2) is 7.28. The van der Waals surface area contributed by atoms with Crippen LogP contribution in [-0.4, -0.2) is 38.9 Å². The van der Waals surface area contributed by atoms with Gasteiger partial charge in [0.25, 0.3) is 0 Å². The Balaban J connectivity index is 2.47. The molecule has 0 spiro atoms. The standard InChI is InChI=1S/C13H19N5O3/c1-5-6-7-14-12(20)16-11-15-9-18(17-11)8-10(19)21-13(2,3)4/h9H,7-8H2,1-4H3,(H2,14,16,17,20). The highest BCUT2D eigenvalue weighted by Gasteiger charge is 2.17. The molecule has 0 saturated heterocycles. The molecule has 1 heterocycles. The van der Waals surface area contributed by atoms with Crippen LogP contribution in [0.2, 0.25) is 0 Å². The first-order chi connectivity index (χ1) is 9.80. The highest BCUT2D eigenvalue weighted by molar-refractivity contribution is 5.87. The predicted octanol–water partition coefficient (Wildman–Crippen LogP) is 0.765. The Labute approximate surface area is 123 Å². The largest absolute Gasteiger partial charge is 0.459 e. The summed E-state index contributed by atoms with van der Waals surface area (Å²) in [5, 5.41) is 8.88. The van der Waals surface area contributed by atoms with Gasteiger partial charge in [-0.1, -0.05) is 5.92 Å². The van der Waals surface area contributed by atoms with Gasteiger partial charge in [-0.05, 0) is 27.7 Å². The lowest BCUT2D eigenvalue weighted by Gasteiger charge is -2.19. The molecule has 114 valence electrons. The number of anilines is 1. The fourth-order valence-electron chi connectivity index (χ4n) is 1.29. The second-order valence-electron chi connectivity index (χ2n) is 5.09. The third-order valence-corrected chi connectivity index (χ3v) is 1.99. The van der Waals surface area contributed by atoms with Crippen LogP contribution in [0.1, 0.15) is 27.7 Å². The minimum absolute atomic E-state index is 0.0745. The minimum atomic E-state index is -0.557. The maximum Gasteiger partial charge on any atom is 0.328 e. The smallest absolute Gasteiger partial charge is 0.328 e. The van der Waals surface area contributed by atoms with Gasteiger partial charge >= 0.3 is 12.0 Å². The molecule has 0 aliphatic carbocycles. The van der Waals surface area contributed by atoms with Crippen molar-refractivity contribution in [1.82, 2.24) is 20.1 Å². The first-order valence-corrected chi connectivity index (χ1v) is 6.36. The van der Waals surface area contributed by atoms with Crippen LogP contribution in [0.5, 0.6) is 0 Å². The van der Waals surface area contributed by atoms with Crippen molar-refractivity contribution in [3.8, 4) is 11.8 Å². The molecule has 2 amide bonds. The normalized spacial score (nSPS) is 10.3. The Morgan fingerprint density at radius 1 is 1.43 bits per heavy atom. The fraction of sp³-hybridized carbons (Fsp3) is 0.538. The zero-order valence-electron chi connectivity index (χ0n) is 12.6. The number of carbonyl (C=O) groups is 2. The highest BCUT2D eigenvalue weighted by Crippen LogP contribution is 2.07. The van der Waals surface area contributed by atoms with E-state index in [2.05, 4.69) is 32.6 Å². The van der Waals surface area contributed by atoms with E-state index >= 15 is 0 Å². The van der Waals surface area contributed by atoms with Gasteiger partial charge in [0.1, 0.15) is 18.5 Å². The van der Waals surface area contributed by atoms with Gasteiger partial charge in [-0.3, -0.25) is 10.1 Å². The molecule has 0 saturated carbocycles. The molecule has 21 heavy (non-hydrogen) atoms. The summed E-state index contributed by atoms with van der Waals surface area (Å²) in [7, 11) is 0. The van der Waals surface area contributed by atoms with E-state index in [4.69, 9.17) is 4.74 Å². The van der Waals surface area contributed by atoms with Gasteiger partial charge in [-0.2, -0.15) is 0 Å². The monoisotopic (exact) mass is 293 g/mol. The summed E-state index contributed by atoms with van der Waals surface area (Å²) in [4.78, 5) is 26.9. The zero-order chi connectivity index (χ0) is 15.9. The third-order valence-electron chi connectivity index (χ3n) is 1.99. The lowest BCUT2D eigenvalue weighted by molar-refractivity contribution is -0.155. The number of hydrogen-bond donors (Lipinski definition) is 2. The maximum absolute atomic E-state index is 11.6. The lowest BCUT2D eigenvalue weighted by Crippen LogP contribution is -2.29. The van der Waals surface area contributed by atoms with Crippen LogP contribution in [-0.2, 0) is 16.1 Å². The maximum atomic E-state index is 11.6. The van der Waals surface area contributed by atoms with Crippen molar-refractivity contribution in [2.75, 3.05) is 11.9 Å². The Hall–Kier alpha value is -2.56. The summed E-state index contributed by atoms with van der Waals surface area (Å²) in [6.45, 7) is 7.18. The Kier molecular flexibility index (Phi) is 5.72. The molecule has 0 aromatic carbocycles. The molecule has 0 aliphatic heterocycles. The number of amides is 2. The number of urea groups is 1. The van der Waals surface area contributed by atoms with Crippen molar-refractivity contribution in [2.45, 2.75) is 39.8 Å². The van der Waals surface area contributed by atoms with E-state index < -0.39 is 17.6 Å². The predicted molar refractivity (Wildman–Crippen MR) is 76.3 cm³/mol. The molecule has 8 nitrogen and oxygen atoms in total. The third kappa shape index (κ3) is 6.96. The first kappa shape index (κ1) is 16.5. The molecule has 0 unspecified atom stereocenters. The number of esters is 1. The number of nitrogens with one attached hydrogen (secondary N) is 2. The number of nitrogens with zero attached hydrogens (tertiary/aromatic N) is 3. The summed E-state index contributed by atoms with van der Waals surface area (Å²) in [6, 6.07) is -0.465. The number of hydrogen-bond acceptors (Lipinski definition) is 5. The van der Waals surface area contributed by atoms with Crippen LogP contribution in [0, 0.1) is 11.8 Å². The van der Waals surface area contributed by atoms with Gasteiger partial charge in [0, 0.05) is 0 Å². The van der Waals surface area contributed by atoms with Crippen molar-refractivity contribution >= 4 is 17.9 Å². The summed E-state index contributed by atoms with van der Waals surface area (Å²) < 4.78 is 6.44. The Morgan fingerprint density at radius 3 is 2.76 bits per heavy atom. The van der Waals surface area contributed by atoms with Crippen LogP contribution in [0.4, 0.5) is 10.7 Å². The molecule has 1 aromatic rings. The first-order valence-electron chi connectivity index (χ1n) is 6.36. The molecule has 1 aromatic heterocycles. The van der Waals surface area contributed by atoms with Gasteiger partial charge in [-0.15, -0.1) is 11.0 Å². The molecule has 2 N–H and O–H groups in total. The zero-order valence-corrected chi connectivity index (χ0v) is 12.6. The molecule has 0 bridgehead atoms. The molecule has 0 aliphatic rings. The van der Waals surface area contributed by atoms with Crippen LogP contribution in [0.25, 0.3) is 0 Å². The average Bonchev–Trinajstić information content (AvgIpc) is 2.74. The average molecular weight is 293 g/mol. The lowest BCUT2D eigenvalue weighted by atomic mass is 10.2. The van der Waals surface area contributed by atoms with Crippen LogP contribution in [0.3, 0.4) is 0 Å². The van der Waals surface area contributed by atoms with Crippen LogP contribution in [0.15, 0.2) is 6.33 Å². The molecular formula is C13H19N5O3. The van der Waals surface area contributed by atoms with Crippen LogP contribution < -0.4 is 10.6 Å². The summed E-state index contributed by atoms with van der Waals surface area (Å²) in [6.07, 6.45) is 1.34. The van der Waals surface area contributed by atoms with Gasteiger partial charge in [0.2, 0.25) is 5.95 Å². The number of aromatic nitrogens is 3. The second-order valence-corrected chi connectivity index (χ2v) is 5.09. The summed E-state index contributed by atoms with van der Waals surface area (Å²) in [5.74, 6) is 5.01. The summed E-state index contributed by atoms with van der Waals surface area (Å²) in [5.41, 5.74) is -0.557. The number of ether oxygens (including phenoxy) is 1. The van der Waals surface area contributed by atoms with Crippen molar-refractivity contribution in [3.05, 3.63) is 6.33 Å². The molecule has 0 radical (unpaired) electrons. The number of carbonyl (C=O) groups excluding carboxylic acids is 2. The van der Waals surface area contributed by atoms with E-state index in [1.54, 1.807) is 27.7 Å². The number of rotatable bonds is 4. The molecule has 1 rings (SSSR count). The van der Waals surface area contributed by atoms with Gasteiger partial charge < -0.3 is 10.1 Å². The van der Waals surface area contributed by atoms with E-state index in [9.17, 15) is 9.59 Å². The van der Waals surface area contributed by atoms with Gasteiger partial charge in [0.15, 0.2) is 0 Å². The van der Waals surface area contributed by atoms with Crippen LogP contribution >= 0.6 is 0 Å². The fourth-order valence-corrected chi connectivity index (χ4v) is 1.29. The highest BCUT2D eigenvalue weighted by atomic mass is 16.6. The van der Waals surface area contributed by atoms with Crippen molar-refractivity contribution in [2.24, 2.45) is 0 Å². The topological polar surface area (TPSA) is 98.1 Å². The van der Waals surface area contributed by atoms with Crippen molar-refractivity contribution < 1.29 is 14.3 Å².